The summed E-state index contributed by atoms with van der Waals surface area (Å²) in [6.45, 7) is 4.66. The van der Waals surface area contributed by atoms with E-state index in [0.717, 1.165) is 12.0 Å². The molecule has 9 heteroatoms. The molecule has 1 fully saturated rings. The number of piperazine rings is 1. The molecule has 0 spiro atoms. The van der Waals surface area contributed by atoms with Crippen LogP contribution in [0.3, 0.4) is 0 Å². The van der Waals surface area contributed by atoms with Crippen molar-refractivity contribution in [2.45, 2.75) is 6.92 Å². The van der Waals surface area contributed by atoms with Crippen LogP contribution >= 0.6 is 11.6 Å². The molecule has 0 bridgehead atoms. The Kier molecular flexibility index (Phi) is 5.18. The summed E-state index contributed by atoms with van der Waals surface area (Å²) in [5, 5.41) is 11.8. The molecule has 1 N–H and O–H groups in total. The molecule has 0 aliphatic carbocycles. The molecular weight excluding hydrogens is 344 g/mol. The highest BCUT2D eigenvalue weighted by Crippen LogP contribution is 2.32. The standard InChI is InChI=1S/C16H19ClN6O2/c1-11-7-13(14(25-2)8-12(11)17)19-16-20-15(9-18-21-16)23-5-3-22(10-24)4-6-23/h7-10H,3-6H2,1-2H3,(H,19,20,21). The number of rotatable bonds is 5. The number of aromatic nitrogens is 3. The Balaban J connectivity index is 1.79. The predicted octanol–water partition coefficient (Wildman–Crippen LogP) is 1.86. The Hall–Kier alpha value is -2.61. The molecule has 8 nitrogen and oxygen atoms in total. The number of hydrogen-bond donors (Lipinski definition) is 1. The van der Waals surface area contributed by atoms with Crippen LogP contribution < -0.4 is 15.0 Å². The van der Waals surface area contributed by atoms with Gasteiger partial charge in [0.05, 0.1) is 19.0 Å². The van der Waals surface area contributed by atoms with E-state index in [2.05, 4.69) is 25.4 Å². The lowest BCUT2D eigenvalue weighted by molar-refractivity contribution is -0.118. The Labute approximate surface area is 150 Å². The minimum atomic E-state index is 0.371. The fourth-order valence-corrected chi connectivity index (χ4v) is 2.76. The van der Waals surface area contributed by atoms with Gasteiger partial charge < -0.3 is 19.9 Å². The lowest BCUT2D eigenvalue weighted by Crippen LogP contribution is -2.46. The van der Waals surface area contributed by atoms with Gasteiger partial charge in [-0.2, -0.15) is 10.1 Å². The number of carbonyl (C=O) groups is 1. The van der Waals surface area contributed by atoms with E-state index in [9.17, 15) is 4.79 Å². The van der Waals surface area contributed by atoms with Crippen LogP contribution in [-0.4, -0.2) is 59.8 Å². The molecule has 1 aromatic heterocycles. The summed E-state index contributed by atoms with van der Waals surface area (Å²) in [6.07, 6.45) is 2.49. The van der Waals surface area contributed by atoms with Crippen molar-refractivity contribution in [1.29, 1.82) is 0 Å². The minimum absolute atomic E-state index is 0.371. The maximum absolute atomic E-state index is 10.8. The van der Waals surface area contributed by atoms with Crippen LogP contribution in [0.25, 0.3) is 0 Å². The first-order valence-electron chi connectivity index (χ1n) is 7.86. The van der Waals surface area contributed by atoms with Crippen LogP contribution in [-0.2, 0) is 4.79 Å². The van der Waals surface area contributed by atoms with Crippen molar-refractivity contribution in [3.8, 4) is 5.75 Å². The smallest absolute Gasteiger partial charge is 0.249 e. The Morgan fingerprint density at radius 1 is 1.28 bits per heavy atom. The second-order valence-electron chi connectivity index (χ2n) is 5.69. The third-order valence-electron chi connectivity index (χ3n) is 4.06. The van der Waals surface area contributed by atoms with Crippen LogP contribution in [0.5, 0.6) is 5.75 Å². The molecule has 3 rings (SSSR count). The zero-order valence-corrected chi connectivity index (χ0v) is 14.8. The monoisotopic (exact) mass is 362 g/mol. The molecule has 25 heavy (non-hydrogen) atoms. The highest BCUT2D eigenvalue weighted by atomic mass is 35.5. The fraction of sp³-hybridized carbons (Fsp3) is 0.375. The number of carbonyl (C=O) groups excluding carboxylic acids is 1. The van der Waals surface area contributed by atoms with Gasteiger partial charge in [0.15, 0.2) is 5.82 Å². The van der Waals surface area contributed by atoms with Crippen molar-refractivity contribution in [3.63, 3.8) is 0 Å². The molecule has 0 radical (unpaired) electrons. The topological polar surface area (TPSA) is 83.5 Å². The minimum Gasteiger partial charge on any atom is -0.495 e. The van der Waals surface area contributed by atoms with Gasteiger partial charge >= 0.3 is 0 Å². The van der Waals surface area contributed by atoms with Crippen LogP contribution in [0.15, 0.2) is 18.3 Å². The average Bonchev–Trinajstić information content (AvgIpc) is 2.65. The molecule has 0 unspecified atom stereocenters. The van der Waals surface area contributed by atoms with Gasteiger partial charge in [0, 0.05) is 37.3 Å². The molecule has 1 amide bonds. The van der Waals surface area contributed by atoms with Gasteiger partial charge in [-0.05, 0) is 18.6 Å². The highest BCUT2D eigenvalue weighted by molar-refractivity contribution is 6.31. The fourth-order valence-electron chi connectivity index (χ4n) is 2.61. The van der Waals surface area contributed by atoms with Crippen LogP contribution in [0.1, 0.15) is 5.56 Å². The predicted molar refractivity (Wildman–Crippen MR) is 95.7 cm³/mol. The molecule has 1 aliphatic heterocycles. The molecule has 0 atom stereocenters. The van der Waals surface area contributed by atoms with Gasteiger partial charge in [0.1, 0.15) is 5.75 Å². The summed E-state index contributed by atoms with van der Waals surface area (Å²) in [7, 11) is 1.58. The highest BCUT2D eigenvalue weighted by Gasteiger charge is 2.18. The first-order valence-corrected chi connectivity index (χ1v) is 8.23. The first kappa shape index (κ1) is 17.2. The van der Waals surface area contributed by atoms with E-state index in [-0.39, 0.29) is 0 Å². The van der Waals surface area contributed by atoms with Crippen molar-refractivity contribution in [2.24, 2.45) is 0 Å². The van der Waals surface area contributed by atoms with Crippen molar-refractivity contribution in [3.05, 3.63) is 28.9 Å². The third kappa shape index (κ3) is 3.90. The Bertz CT molecular complexity index is 764. The van der Waals surface area contributed by atoms with Crippen molar-refractivity contribution in [1.82, 2.24) is 20.1 Å². The molecule has 132 valence electrons. The van der Waals surface area contributed by atoms with Crippen molar-refractivity contribution in [2.75, 3.05) is 43.5 Å². The largest absolute Gasteiger partial charge is 0.495 e. The Morgan fingerprint density at radius 3 is 2.72 bits per heavy atom. The average molecular weight is 363 g/mol. The lowest BCUT2D eigenvalue weighted by atomic mass is 10.2. The molecule has 2 heterocycles. The number of amides is 1. The summed E-state index contributed by atoms with van der Waals surface area (Å²) in [4.78, 5) is 19.1. The number of nitrogens with one attached hydrogen (secondary N) is 1. The third-order valence-corrected chi connectivity index (χ3v) is 4.47. The van der Waals surface area contributed by atoms with Crippen LogP contribution in [0.2, 0.25) is 5.02 Å². The van der Waals surface area contributed by atoms with Crippen LogP contribution in [0.4, 0.5) is 17.5 Å². The maximum Gasteiger partial charge on any atom is 0.249 e. The number of benzene rings is 1. The number of aryl methyl sites for hydroxylation is 1. The van der Waals surface area contributed by atoms with Crippen molar-refractivity contribution >= 4 is 35.5 Å². The number of ether oxygens (including phenoxy) is 1. The van der Waals surface area contributed by atoms with E-state index >= 15 is 0 Å². The number of anilines is 3. The second-order valence-corrected chi connectivity index (χ2v) is 6.10. The zero-order valence-electron chi connectivity index (χ0n) is 14.1. The van der Waals surface area contributed by atoms with Gasteiger partial charge in [-0.1, -0.05) is 11.6 Å². The van der Waals surface area contributed by atoms with E-state index in [1.807, 2.05) is 13.0 Å². The van der Waals surface area contributed by atoms with E-state index < -0.39 is 0 Å². The molecular formula is C16H19ClN6O2. The van der Waals surface area contributed by atoms with Crippen LogP contribution in [0, 0.1) is 6.92 Å². The summed E-state index contributed by atoms with van der Waals surface area (Å²) in [5.74, 6) is 1.69. The summed E-state index contributed by atoms with van der Waals surface area (Å²) in [6, 6.07) is 3.62. The molecule has 1 aliphatic rings. The summed E-state index contributed by atoms with van der Waals surface area (Å²) >= 11 is 6.13. The van der Waals surface area contributed by atoms with E-state index in [4.69, 9.17) is 16.3 Å². The van der Waals surface area contributed by atoms with Gasteiger partial charge in [-0.3, -0.25) is 4.79 Å². The van der Waals surface area contributed by atoms with Gasteiger partial charge in [-0.15, -0.1) is 5.10 Å². The summed E-state index contributed by atoms with van der Waals surface area (Å²) < 4.78 is 5.35. The van der Waals surface area contributed by atoms with E-state index in [1.54, 1.807) is 24.3 Å². The number of methoxy groups -OCH3 is 1. The summed E-state index contributed by atoms with van der Waals surface area (Å²) in [5.41, 5.74) is 1.63. The van der Waals surface area contributed by atoms with Gasteiger partial charge in [-0.25, -0.2) is 0 Å². The molecule has 1 aromatic carbocycles. The quantitative estimate of drug-likeness (QED) is 0.813. The molecule has 0 saturated carbocycles. The first-order chi connectivity index (χ1) is 12.1. The van der Waals surface area contributed by atoms with E-state index in [0.29, 0.717) is 54.4 Å². The molecule has 2 aromatic rings. The van der Waals surface area contributed by atoms with E-state index in [1.165, 1.54) is 0 Å². The normalized spacial score (nSPS) is 14.4. The maximum atomic E-state index is 10.8. The lowest BCUT2D eigenvalue weighted by Gasteiger charge is -2.33. The zero-order chi connectivity index (χ0) is 17.8. The van der Waals surface area contributed by atoms with Gasteiger partial charge in [0.25, 0.3) is 0 Å². The number of nitrogens with zero attached hydrogens (tertiary/aromatic N) is 5. The molecule has 1 saturated heterocycles. The van der Waals surface area contributed by atoms with Gasteiger partial charge in [0.2, 0.25) is 12.4 Å². The Morgan fingerprint density at radius 2 is 2.04 bits per heavy atom. The second kappa shape index (κ2) is 7.52. The number of hydrogen-bond acceptors (Lipinski definition) is 7. The SMILES string of the molecule is COc1cc(Cl)c(C)cc1Nc1nncc(N2CCN(C=O)CC2)n1. The number of halogens is 1. The van der Waals surface area contributed by atoms with Crippen molar-refractivity contribution < 1.29 is 9.53 Å².